The maximum atomic E-state index is 10.5. The maximum Gasteiger partial charge on any atom is 0 e. The Morgan fingerprint density at radius 2 is 2.11 bits per heavy atom. The van der Waals surface area contributed by atoms with Crippen molar-refractivity contribution in [2.45, 2.75) is 19.3 Å². The van der Waals surface area contributed by atoms with E-state index in [0.717, 1.165) is 12.8 Å². The molecule has 0 spiro atoms. The van der Waals surface area contributed by atoms with E-state index in [1.165, 1.54) is 5.57 Å². The Morgan fingerprint density at radius 3 is 2.44 bits per heavy atom. The van der Waals surface area contributed by atoms with Crippen LogP contribution in [0.2, 0.25) is 0 Å². The summed E-state index contributed by atoms with van der Waals surface area (Å²) in [7, 11) is 0. The van der Waals surface area contributed by atoms with Gasteiger partial charge in [-0.15, -0.1) is 18.6 Å². The molecule has 1 nitrogen and oxygen atoms in total. The van der Waals surface area contributed by atoms with Gasteiger partial charge in [0.25, 0.3) is 0 Å². The molecule has 1 radical (unpaired) electrons. The fourth-order valence-electron chi connectivity index (χ4n) is 0.762. The van der Waals surface area contributed by atoms with E-state index in [4.69, 9.17) is 0 Å². The molecule has 1 aliphatic carbocycles. The second-order valence-electron chi connectivity index (χ2n) is 2.12. The molecule has 0 aliphatic heterocycles. The fraction of sp³-hybridized carbons (Fsp3) is 0.429. The zero-order valence-electron chi connectivity index (χ0n) is 5.39. The van der Waals surface area contributed by atoms with E-state index in [1.54, 1.807) is 6.42 Å². The summed E-state index contributed by atoms with van der Waals surface area (Å²) >= 11 is 0. The standard InChI is InChI=1S/C7H9O.Y/c1-6-2-4-7(8)5-3-6;/h4H,1-3,5H2;/q-1;. The molecule has 1 fully saturated rings. The number of allylic oxidation sites excluding steroid dienone is 1. The van der Waals surface area contributed by atoms with Crippen LogP contribution < -0.4 is 0 Å². The van der Waals surface area contributed by atoms with Gasteiger partial charge in [0, 0.05) is 32.7 Å². The molecule has 9 heavy (non-hydrogen) atoms. The van der Waals surface area contributed by atoms with Crippen molar-refractivity contribution in [2.75, 3.05) is 0 Å². The molecule has 0 heterocycles. The monoisotopic (exact) mass is 198 g/mol. The van der Waals surface area contributed by atoms with Crippen molar-refractivity contribution >= 4 is 5.78 Å². The van der Waals surface area contributed by atoms with Crippen LogP contribution in [0.4, 0.5) is 0 Å². The zero-order chi connectivity index (χ0) is 5.98. The van der Waals surface area contributed by atoms with E-state index in [-0.39, 0.29) is 38.5 Å². The first-order valence-corrected chi connectivity index (χ1v) is 2.82. The summed E-state index contributed by atoms with van der Waals surface area (Å²) in [6.07, 6.45) is 4.10. The Hall–Kier alpha value is 0.384. The molecule has 0 aromatic rings. The summed E-state index contributed by atoms with van der Waals surface area (Å²) < 4.78 is 0. The van der Waals surface area contributed by atoms with Gasteiger partial charge in [-0.2, -0.15) is 0 Å². The Labute approximate surface area is 80.8 Å². The average molecular weight is 198 g/mol. The van der Waals surface area contributed by atoms with Crippen LogP contribution in [0.1, 0.15) is 19.3 Å². The first-order valence-electron chi connectivity index (χ1n) is 2.82. The first kappa shape index (κ1) is 9.38. The van der Waals surface area contributed by atoms with Gasteiger partial charge >= 0.3 is 0 Å². The van der Waals surface area contributed by atoms with E-state index in [1.807, 2.05) is 0 Å². The molecule has 0 bridgehead atoms. The van der Waals surface area contributed by atoms with Crippen LogP contribution in [0.5, 0.6) is 0 Å². The molecule has 0 amide bonds. The number of Topliss-reactive ketones (excluding diaryl/α,β-unsaturated/α-hetero) is 1. The van der Waals surface area contributed by atoms with Crippen molar-refractivity contribution in [3.63, 3.8) is 0 Å². The number of ketones is 1. The van der Waals surface area contributed by atoms with Gasteiger partial charge in [0.1, 0.15) is 0 Å². The van der Waals surface area contributed by atoms with Crippen LogP contribution in [-0.4, -0.2) is 5.78 Å². The number of hydrogen-bond donors (Lipinski definition) is 0. The van der Waals surface area contributed by atoms with E-state index < -0.39 is 0 Å². The molecule has 0 N–H and O–H groups in total. The minimum absolute atomic E-state index is 0. The molecule has 1 aliphatic rings. The van der Waals surface area contributed by atoms with Gasteiger partial charge in [-0.05, 0) is 18.6 Å². The summed E-state index contributed by atoms with van der Waals surface area (Å²) in [6.45, 7) is 3.77. The molecule has 2 heteroatoms. The molecule has 47 valence electrons. The van der Waals surface area contributed by atoms with Crippen LogP contribution in [0.25, 0.3) is 0 Å². The predicted octanol–water partition coefficient (Wildman–Crippen LogP) is 1.50. The van der Waals surface area contributed by atoms with Gasteiger partial charge in [-0.3, -0.25) is 0 Å². The molecule has 0 atom stereocenters. The first-order chi connectivity index (χ1) is 3.79. The van der Waals surface area contributed by atoms with Gasteiger partial charge in [0.2, 0.25) is 0 Å². The van der Waals surface area contributed by atoms with Gasteiger partial charge in [0.15, 0.2) is 0 Å². The van der Waals surface area contributed by atoms with Crippen molar-refractivity contribution < 1.29 is 37.5 Å². The van der Waals surface area contributed by atoms with Crippen molar-refractivity contribution in [2.24, 2.45) is 0 Å². The molecular formula is C7H9OY-. The van der Waals surface area contributed by atoms with E-state index in [2.05, 4.69) is 6.58 Å². The number of carbonyl (C=O) groups excluding carboxylic acids is 1. The molecule has 1 rings (SSSR count). The van der Waals surface area contributed by atoms with Crippen molar-refractivity contribution in [1.29, 1.82) is 0 Å². The van der Waals surface area contributed by atoms with Gasteiger partial charge in [0.05, 0.1) is 0 Å². The Kier molecular flexibility index (Phi) is 4.42. The summed E-state index contributed by atoms with van der Waals surface area (Å²) in [4.78, 5) is 10.5. The third-order valence-electron chi connectivity index (χ3n) is 1.34. The van der Waals surface area contributed by atoms with Gasteiger partial charge in [-0.25, -0.2) is 0 Å². The van der Waals surface area contributed by atoms with E-state index in [0.29, 0.717) is 6.42 Å². The van der Waals surface area contributed by atoms with Crippen LogP contribution in [0.15, 0.2) is 12.2 Å². The summed E-state index contributed by atoms with van der Waals surface area (Å²) in [5.74, 6) is 0.275. The Bertz CT molecular complexity index is 101. The summed E-state index contributed by atoms with van der Waals surface area (Å²) in [5, 5.41) is 0. The van der Waals surface area contributed by atoms with Crippen LogP contribution in [-0.2, 0) is 37.5 Å². The smallest absolute Gasteiger partial charge is 0 e. The number of rotatable bonds is 0. The van der Waals surface area contributed by atoms with Gasteiger partial charge < -0.3 is 11.2 Å². The van der Waals surface area contributed by atoms with Crippen LogP contribution in [0, 0.1) is 6.42 Å². The largest absolute Gasteiger partial charge is 0.334 e. The number of carbonyl (C=O) groups is 1. The fourth-order valence-corrected chi connectivity index (χ4v) is 0.762. The van der Waals surface area contributed by atoms with Crippen molar-refractivity contribution in [3.05, 3.63) is 18.6 Å². The molecule has 0 saturated heterocycles. The summed E-state index contributed by atoms with van der Waals surface area (Å²) in [5.41, 5.74) is 1.18. The molecule has 0 unspecified atom stereocenters. The van der Waals surface area contributed by atoms with Crippen molar-refractivity contribution in [3.8, 4) is 0 Å². The third kappa shape index (κ3) is 3.17. The topological polar surface area (TPSA) is 17.1 Å². The Balaban J connectivity index is 0.000000640. The summed E-state index contributed by atoms with van der Waals surface area (Å²) in [6, 6.07) is 0. The third-order valence-corrected chi connectivity index (χ3v) is 1.34. The van der Waals surface area contributed by atoms with E-state index >= 15 is 0 Å². The normalized spacial score (nSPS) is 18.2. The van der Waals surface area contributed by atoms with E-state index in [9.17, 15) is 4.79 Å². The quantitative estimate of drug-likeness (QED) is 0.425. The number of hydrogen-bond acceptors (Lipinski definition) is 1. The molecule has 0 aromatic carbocycles. The Morgan fingerprint density at radius 1 is 1.44 bits per heavy atom. The minimum atomic E-state index is 0. The average Bonchev–Trinajstić information content (AvgIpc) is 1.77. The minimum Gasteiger partial charge on any atom is -0.334 e. The van der Waals surface area contributed by atoms with Crippen molar-refractivity contribution in [1.82, 2.24) is 0 Å². The molecule has 1 saturated carbocycles. The van der Waals surface area contributed by atoms with Crippen LogP contribution >= 0.6 is 0 Å². The molecule has 0 aromatic heterocycles. The second kappa shape index (κ2) is 4.24. The van der Waals surface area contributed by atoms with Gasteiger partial charge in [-0.1, -0.05) is 0 Å². The molecular weight excluding hydrogens is 189 g/mol. The maximum absolute atomic E-state index is 10.5. The predicted molar refractivity (Wildman–Crippen MR) is 32.3 cm³/mol. The SMILES string of the molecule is C=C1C[CH-]C(=O)CC1.[Y]. The zero-order valence-corrected chi connectivity index (χ0v) is 8.23. The van der Waals surface area contributed by atoms with Crippen LogP contribution in [0.3, 0.4) is 0 Å². The second-order valence-corrected chi connectivity index (χ2v) is 2.12.